The van der Waals surface area contributed by atoms with Gasteiger partial charge in [0.05, 0.1) is 43.0 Å². The standard InChI is InChI=1S/C49H60N8O7/c1-9-49(10-2)33-18-17-31(36-26-52-44(54-36)38-14-12-20-57(38)46(59)42(28(5)6)64-47(60)50-7)24-39(33)63-40-23-29-15-16-30(21-32(29)22-34(40)49)35-25-51-43(53-35)37-13-11-19-56(37)45(58)41(27(3)4)55-48(61)62-8/h15-18,21-28,37-38,41-42H,9-14,19-20H2,1-8H3,(H,50,60)(H,51,53)(H,52,54)(H,55,61)/t37?,38-,41?,42+/m0/s1. The van der Waals surface area contributed by atoms with Crippen LogP contribution in [0.2, 0.25) is 0 Å². The van der Waals surface area contributed by atoms with Crippen LogP contribution in [0.5, 0.6) is 11.5 Å². The second-order valence-electron chi connectivity index (χ2n) is 17.9. The molecule has 4 amide bonds. The Morgan fingerprint density at radius 1 is 0.766 bits per heavy atom. The summed E-state index contributed by atoms with van der Waals surface area (Å²) in [5, 5.41) is 7.30. The highest BCUT2D eigenvalue weighted by Gasteiger charge is 2.42. The molecule has 8 rings (SSSR count). The molecule has 3 aromatic carbocycles. The molecule has 338 valence electrons. The van der Waals surface area contributed by atoms with E-state index in [-0.39, 0.29) is 41.1 Å². The van der Waals surface area contributed by atoms with Gasteiger partial charge in [0.2, 0.25) is 5.91 Å². The third-order valence-corrected chi connectivity index (χ3v) is 13.6. The van der Waals surface area contributed by atoms with Crippen LogP contribution in [0.15, 0.2) is 60.9 Å². The van der Waals surface area contributed by atoms with Crippen molar-refractivity contribution < 1.29 is 33.4 Å². The fourth-order valence-electron chi connectivity index (χ4n) is 9.97. The number of hydrogen-bond donors (Lipinski definition) is 4. The van der Waals surface area contributed by atoms with E-state index in [0.29, 0.717) is 18.9 Å². The largest absolute Gasteiger partial charge is 0.457 e. The molecule has 0 bridgehead atoms. The van der Waals surface area contributed by atoms with E-state index in [1.165, 1.54) is 14.2 Å². The smallest absolute Gasteiger partial charge is 0.407 e. The van der Waals surface area contributed by atoms with E-state index in [1.54, 1.807) is 4.90 Å². The van der Waals surface area contributed by atoms with Gasteiger partial charge in [0, 0.05) is 47.8 Å². The monoisotopic (exact) mass is 872 g/mol. The number of rotatable bonds is 12. The number of carbonyl (C=O) groups is 4. The molecular formula is C49H60N8O7. The number of imidazole rings is 2. The summed E-state index contributed by atoms with van der Waals surface area (Å²) in [6, 6.07) is 15.9. The van der Waals surface area contributed by atoms with Crippen molar-refractivity contribution in [2.24, 2.45) is 11.8 Å². The van der Waals surface area contributed by atoms with E-state index in [9.17, 15) is 19.2 Å². The number of aromatic amines is 2. The molecule has 2 aromatic heterocycles. The molecule has 4 N–H and O–H groups in total. The van der Waals surface area contributed by atoms with E-state index < -0.39 is 24.3 Å². The van der Waals surface area contributed by atoms with Crippen LogP contribution in [0, 0.1) is 11.8 Å². The molecule has 4 atom stereocenters. The Balaban J connectivity index is 1.04. The summed E-state index contributed by atoms with van der Waals surface area (Å²) < 4.78 is 17.1. The van der Waals surface area contributed by atoms with Gasteiger partial charge >= 0.3 is 12.2 Å². The van der Waals surface area contributed by atoms with Crippen LogP contribution < -0.4 is 15.4 Å². The quantitative estimate of drug-likeness (QED) is 0.0951. The third-order valence-electron chi connectivity index (χ3n) is 13.6. The number of benzene rings is 3. The minimum absolute atomic E-state index is 0.118. The molecule has 2 unspecified atom stereocenters. The van der Waals surface area contributed by atoms with E-state index in [1.807, 2.05) is 45.0 Å². The number of ether oxygens (including phenoxy) is 3. The Morgan fingerprint density at radius 2 is 1.36 bits per heavy atom. The molecule has 2 fully saturated rings. The fraction of sp³-hybridized carbons (Fsp3) is 0.469. The fourth-order valence-corrected chi connectivity index (χ4v) is 9.97. The number of alkyl carbamates (subject to hydrolysis) is 2. The lowest BCUT2D eigenvalue weighted by atomic mass is 9.68. The van der Waals surface area contributed by atoms with Crippen LogP contribution in [-0.4, -0.2) is 93.1 Å². The molecule has 2 saturated heterocycles. The van der Waals surface area contributed by atoms with Gasteiger partial charge in [-0.05, 0) is 85.4 Å². The van der Waals surface area contributed by atoms with E-state index >= 15 is 0 Å². The first-order valence-electron chi connectivity index (χ1n) is 22.7. The minimum Gasteiger partial charge on any atom is -0.457 e. The van der Waals surface area contributed by atoms with E-state index in [4.69, 9.17) is 24.2 Å². The predicted molar refractivity (Wildman–Crippen MR) is 243 cm³/mol. The van der Waals surface area contributed by atoms with Crippen LogP contribution in [-0.2, 0) is 24.5 Å². The number of nitrogens with one attached hydrogen (secondary N) is 4. The van der Waals surface area contributed by atoms with Gasteiger partial charge in [-0.15, -0.1) is 0 Å². The lowest BCUT2D eigenvalue weighted by Crippen LogP contribution is -2.51. The van der Waals surface area contributed by atoms with Crippen molar-refractivity contribution in [3.8, 4) is 34.0 Å². The molecule has 0 aliphatic carbocycles. The summed E-state index contributed by atoms with van der Waals surface area (Å²) in [6.45, 7) is 13.2. The second kappa shape index (κ2) is 18.0. The van der Waals surface area contributed by atoms with Crippen molar-refractivity contribution in [1.82, 2.24) is 40.4 Å². The van der Waals surface area contributed by atoms with Crippen molar-refractivity contribution in [2.75, 3.05) is 27.2 Å². The lowest BCUT2D eigenvalue weighted by molar-refractivity contribution is -0.143. The highest BCUT2D eigenvalue weighted by atomic mass is 16.6. The Kier molecular flexibility index (Phi) is 12.4. The number of nitrogens with zero attached hydrogens (tertiary/aromatic N) is 4. The Hall–Kier alpha value is -6.38. The van der Waals surface area contributed by atoms with Gasteiger partial charge in [-0.2, -0.15) is 0 Å². The number of methoxy groups -OCH3 is 1. The Labute approximate surface area is 374 Å². The zero-order valence-electron chi connectivity index (χ0n) is 38.0. The second-order valence-corrected chi connectivity index (χ2v) is 17.9. The molecule has 3 aliphatic rings. The molecule has 15 nitrogen and oxygen atoms in total. The molecule has 5 heterocycles. The third kappa shape index (κ3) is 8.04. The van der Waals surface area contributed by atoms with Gasteiger partial charge in [-0.1, -0.05) is 65.8 Å². The number of aromatic nitrogens is 4. The minimum atomic E-state index is -0.895. The Bertz CT molecular complexity index is 2560. The summed E-state index contributed by atoms with van der Waals surface area (Å²) in [5.41, 5.74) is 5.56. The first kappa shape index (κ1) is 44.2. The van der Waals surface area contributed by atoms with Crippen molar-refractivity contribution in [1.29, 1.82) is 0 Å². The molecule has 5 aromatic rings. The van der Waals surface area contributed by atoms with Crippen LogP contribution in [0.3, 0.4) is 0 Å². The first-order valence-corrected chi connectivity index (χ1v) is 22.7. The number of hydrogen-bond acceptors (Lipinski definition) is 9. The van der Waals surface area contributed by atoms with Crippen LogP contribution in [0.4, 0.5) is 9.59 Å². The molecule has 0 spiro atoms. The molecular weight excluding hydrogens is 813 g/mol. The van der Waals surface area contributed by atoms with Crippen molar-refractivity contribution in [2.45, 2.75) is 110 Å². The number of amides is 4. The predicted octanol–water partition coefficient (Wildman–Crippen LogP) is 8.92. The zero-order chi connectivity index (χ0) is 45.4. The van der Waals surface area contributed by atoms with Crippen LogP contribution >= 0.6 is 0 Å². The number of fused-ring (bicyclic) bond motifs is 3. The summed E-state index contributed by atoms with van der Waals surface area (Å²) in [4.78, 5) is 71.8. The molecule has 3 aliphatic heterocycles. The van der Waals surface area contributed by atoms with Crippen LogP contribution in [0.25, 0.3) is 33.3 Å². The SMILES string of the molecule is CCC1(CC)c2ccc(-c3cnc([C@@H]4CCCN4C(=O)[C@H](OC(=O)NC)C(C)C)[nH]3)cc2Oc2cc3ccc(-c4cnc(C5CCCN5C(=O)C(NC(=O)OC)C(C)C)[nH]4)cc3cc21. The average molecular weight is 873 g/mol. The van der Waals surface area contributed by atoms with Gasteiger partial charge < -0.3 is 44.6 Å². The first-order chi connectivity index (χ1) is 30.8. The van der Waals surface area contributed by atoms with Gasteiger partial charge in [0.1, 0.15) is 29.2 Å². The lowest BCUT2D eigenvalue weighted by Gasteiger charge is -2.39. The number of H-pyrrole nitrogens is 2. The topological polar surface area (TPSA) is 184 Å². The van der Waals surface area contributed by atoms with Gasteiger partial charge in [0.15, 0.2) is 6.10 Å². The highest BCUT2D eigenvalue weighted by Crippen LogP contribution is 2.53. The normalized spacial score (nSPS) is 18.7. The van der Waals surface area contributed by atoms with Gasteiger partial charge in [-0.25, -0.2) is 19.6 Å². The summed E-state index contributed by atoms with van der Waals surface area (Å²) >= 11 is 0. The van der Waals surface area contributed by atoms with Crippen LogP contribution in [0.1, 0.15) is 115 Å². The summed E-state index contributed by atoms with van der Waals surface area (Å²) in [7, 11) is 2.78. The van der Waals surface area contributed by atoms with E-state index in [2.05, 4.69) is 83.0 Å². The van der Waals surface area contributed by atoms with Gasteiger partial charge in [-0.3, -0.25) is 9.59 Å². The van der Waals surface area contributed by atoms with Crippen molar-refractivity contribution in [3.63, 3.8) is 0 Å². The maximum atomic E-state index is 13.7. The number of likely N-dealkylation sites (tertiary alicyclic amines) is 2. The maximum Gasteiger partial charge on any atom is 0.407 e. The maximum absolute atomic E-state index is 13.7. The highest BCUT2D eigenvalue weighted by molar-refractivity contribution is 5.90. The van der Waals surface area contributed by atoms with Crippen molar-refractivity contribution >= 4 is 34.8 Å². The zero-order valence-corrected chi connectivity index (χ0v) is 38.0. The number of carbonyl (C=O) groups excluding carboxylic acids is 4. The molecule has 0 saturated carbocycles. The summed E-state index contributed by atoms with van der Waals surface area (Å²) in [5.74, 6) is 2.37. The van der Waals surface area contributed by atoms with Gasteiger partial charge in [0.25, 0.3) is 5.91 Å². The summed E-state index contributed by atoms with van der Waals surface area (Å²) in [6.07, 6.45) is 6.41. The van der Waals surface area contributed by atoms with Crippen molar-refractivity contribution in [3.05, 3.63) is 83.7 Å². The average Bonchev–Trinajstić information content (AvgIpc) is 4.15. The molecule has 64 heavy (non-hydrogen) atoms. The Morgan fingerprint density at radius 3 is 1.94 bits per heavy atom. The van der Waals surface area contributed by atoms with E-state index in [0.717, 1.165) is 100 Å². The molecule has 15 heteroatoms. The molecule has 0 radical (unpaired) electrons.